The zero-order chi connectivity index (χ0) is 15.5. The maximum atomic E-state index is 12.2. The number of hydrogen-bond donors (Lipinski definition) is 1. The third kappa shape index (κ3) is 3.45. The standard InChI is InChI=1S/C14H14N4OS3/c1-3-11-17-18-13(22-11)16-12(19)8(2)20-14-15-9-6-4-5-7-10(9)21-14/h4-8H,3H2,1-2H3,(H,16,18,19). The van der Waals surface area contributed by atoms with Gasteiger partial charge in [0.25, 0.3) is 0 Å². The van der Waals surface area contributed by atoms with Gasteiger partial charge in [0.05, 0.1) is 15.5 Å². The van der Waals surface area contributed by atoms with Crippen LogP contribution in [0.2, 0.25) is 0 Å². The first-order valence-corrected chi connectivity index (χ1v) is 9.32. The first-order valence-electron chi connectivity index (χ1n) is 6.81. The largest absolute Gasteiger partial charge is 0.300 e. The van der Waals surface area contributed by atoms with E-state index < -0.39 is 0 Å². The highest BCUT2D eigenvalue weighted by Gasteiger charge is 2.18. The fourth-order valence-corrected chi connectivity index (χ4v) is 4.65. The number of benzene rings is 1. The molecule has 0 aliphatic heterocycles. The fraction of sp³-hybridized carbons (Fsp3) is 0.286. The molecule has 1 amide bonds. The third-order valence-electron chi connectivity index (χ3n) is 2.92. The smallest absolute Gasteiger partial charge is 0.239 e. The second kappa shape index (κ2) is 6.72. The molecule has 3 aromatic rings. The quantitative estimate of drug-likeness (QED) is 0.708. The van der Waals surface area contributed by atoms with Crippen molar-refractivity contribution in [3.63, 3.8) is 0 Å². The van der Waals surface area contributed by atoms with Crippen molar-refractivity contribution >= 4 is 55.7 Å². The van der Waals surface area contributed by atoms with Gasteiger partial charge in [-0.25, -0.2) is 4.98 Å². The molecule has 0 saturated heterocycles. The number of aryl methyl sites for hydroxylation is 1. The maximum Gasteiger partial charge on any atom is 0.239 e. The minimum absolute atomic E-state index is 0.0805. The molecule has 0 spiro atoms. The molecule has 0 aliphatic rings. The maximum absolute atomic E-state index is 12.2. The number of para-hydroxylation sites is 1. The number of aromatic nitrogens is 3. The molecule has 0 saturated carbocycles. The highest BCUT2D eigenvalue weighted by Crippen LogP contribution is 2.32. The Kier molecular flexibility index (Phi) is 4.70. The van der Waals surface area contributed by atoms with E-state index in [1.165, 1.54) is 23.1 Å². The summed E-state index contributed by atoms with van der Waals surface area (Å²) in [5, 5.41) is 12.0. The van der Waals surface area contributed by atoms with Crippen LogP contribution in [0.3, 0.4) is 0 Å². The molecule has 0 aliphatic carbocycles. The Labute approximate surface area is 140 Å². The average Bonchev–Trinajstić information content (AvgIpc) is 3.12. The number of nitrogens with zero attached hydrogens (tertiary/aromatic N) is 3. The van der Waals surface area contributed by atoms with Gasteiger partial charge in [-0.05, 0) is 25.5 Å². The number of carbonyl (C=O) groups is 1. The number of nitrogens with one attached hydrogen (secondary N) is 1. The number of hydrogen-bond acceptors (Lipinski definition) is 7. The van der Waals surface area contributed by atoms with Crippen molar-refractivity contribution in [3.8, 4) is 0 Å². The summed E-state index contributed by atoms with van der Waals surface area (Å²) in [7, 11) is 0. The molecular formula is C14H14N4OS3. The summed E-state index contributed by atoms with van der Waals surface area (Å²) in [5.74, 6) is -0.0805. The molecule has 114 valence electrons. The lowest BCUT2D eigenvalue weighted by Crippen LogP contribution is -2.22. The first-order chi connectivity index (χ1) is 10.7. The van der Waals surface area contributed by atoms with Crippen LogP contribution in [0.5, 0.6) is 0 Å². The molecule has 1 aromatic carbocycles. The molecule has 1 atom stereocenters. The van der Waals surface area contributed by atoms with Gasteiger partial charge < -0.3 is 0 Å². The Morgan fingerprint density at radius 3 is 2.86 bits per heavy atom. The molecule has 2 heterocycles. The van der Waals surface area contributed by atoms with E-state index in [4.69, 9.17) is 0 Å². The van der Waals surface area contributed by atoms with Gasteiger partial charge in [0.1, 0.15) is 5.01 Å². The number of anilines is 1. The van der Waals surface area contributed by atoms with Gasteiger partial charge in [-0.1, -0.05) is 42.2 Å². The van der Waals surface area contributed by atoms with Crippen LogP contribution >= 0.6 is 34.4 Å². The Bertz CT molecular complexity index is 765. The van der Waals surface area contributed by atoms with E-state index in [0.29, 0.717) is 5.13 Å². The summed E-state index contributed by atoms with van der Waals surface area (Å²) in [5.41, 5.74) is 0.972. The van der Waals surface area contributed by atoms with E-state index in [1.807, 2.05) is 38.1 Å². The van der Waals surface area contributed by atoms with E-state index >= 15 is 0 Å². The van der Waals surface area contributed by atoms with Crippen molar-refractivity contribution in [3.05, 3.63) is 29.3 Å². The molecule has 0 radical (unpaired) electrons. The van der Waals surface area contributed by atoms with Gasteiger partial charge in [-0.3, -0.25) is 10.1 Å². The zero-order valence-corrected chi connectivity index (χ0v) is 14.5. The van der Waals surface area contributed by atoms with Crippen LogP contribution in [-0.2, 0) is 11.2 Å². The zero-order valence-electron chi connectivity index (χ0n) is 12.1. The lowest BCUT2D eigenvalue weighted by atomic mass is 10.3. The molecular weight excluding hydrogens is 336 g/mol. The lowest BCUT2D eigenvalue weighted by molar-refractivity contribution is -0.115. The van der Waals surface area contributed by atoms with Gasteiger partial charge >= 0.3 is 0 Å². The summed E-state index contributed by atoms with van der Waals surface area (Å²) >= 11 is 4.48. The highest BCUT2D eigenvalue weighted by molar-refractivity contribution is 8.02. The predicted octanol–water partition coefficient (Wildman–Crippen LogP) is 3.83. The summed E-state index contributed by atoms with van der Waals surface area (Å²) in [6, 6.07) is 7.97. The molecule has 3 rings (SSSR count). The van der Waals surface area contributed by atoms with E-state index in [0.717, 1.165) is 26.0 Å². The van der Waals surface area contributed by atoms with Crippen molar-refractivity contribution in [2.75, 3.05) is 5.32 Å². The summed E-state index contributed by atoms with van der Waals surface area (Å²) in [6.07, 6.45) is 0.823. The summed E-state index contributed by atoms with van der Waals surface area (Å²) in [4.78, 5) is 16.7. The number of carbonyl (C=O) groups excluding carboxylic acids is 1. The minimum Gasteiger partial charge on any atom is -0.300 e. The SMILES string of the molecule is CCc1nnc(NC(=O)C(C)Sc2nc3ccccc3s2)s1. The summed E-state index contributed by atoms with van der Waals surface area (Å²) in [6.45, 7) is 3.88. The van der Waals surface area contributed by atoms with E-state index in [-0.39, 0.29) is 11.2 Å². The monoisotopic (exact) mass is 350 g/mol. The number of amides is 1. The highest BCUT2D eigenvalue weighted by atomic mass is 32.2. The van der Waals surface area contributed by atoms with Crippen LogP contribution < -0.4 is 5.32 Å². The number of rotatable bonds is 5. The normalized spacial score (nSPS) is 12.5. The predicted molar refractivity (Wildman–Crippen MR) is 92.9 cm³/mol. The fourth-order valence-electron chi connectivity index (χ4n) is 1.76. The molecule has 0 fully saturated rings. The Morgan fingerprint density at radius 1 is 1.32 bits per heavy atom. The van der Waals surface area contributed by atoms with Gasteiger partial charge in [0, 0.05) is 0 Å². The molecule has 22 heavy (non-hydrogen) atoms. The molecule has 1 N–H and O–H groups in total. The van der Waals surface area contributed by atoms with Gasteiger partial charge in [0.2, 0.25) is 11.0 Å². The number of fused-ring (bicyclic) bond motifs is 1. The Balaban J connectivity index is 1.65. The van der Waals surface area contributed by atoms with E-state index in [9.17, 15) is 4.79 Å². The topological polar surface area (TPSA) is 67.8 Å². The van der Waals surface area contributed by atoms with E-state index in [1.54, 1.807) is 11.3 Å². The van der Waals surface area contributed by atoms with Gasteiger partial charge in [0.15, 0.2) is 4.34 Å². The van der Waals surface area contributed by atoms with Crippen molar-refractivity contribution in [2.45, 2.75) is 29.9 Å². The molecule has 1 unspecified atom stereocenters. The Morgan fingerprint density at radius 2 is 2.14 bits per heavy atom. The molecule has 0 bridgehead atoms. The Hall–Kier alpha value is -1.51. The summed E-state index contributed by atoms with van der Waals surface area (Å²) < 4.78 is 2.03. The molecule has 8 heteroatoms. The van der Waals surface area contributed by atoms with Gasteiger partial charge in [-0.15, -0.1) is 21.5 Å². The second-order valence-electron chi connectivity index (χ2n) is 4.55. The van der Waals surface area contributed by atoms with Gasteiger partial charge in [-0.2, -0.15) is 0 Å². The van der Waals surface area contributed by atoms with Crippen LogP contribution in [0, 0.1) is 0 Å². The van der Waals surface area contributed by atoms with E-state index in [2.05, 4.69) is 20.5 Å². The number of thioether (sulfide) groups is 1. The molecule has 5 nitrogen and oxygen atoms in total. The van der Waals surface area contributed by atoms with Crippen LogP contribution in [0.15, 0.2) is 28.6 Å². The first kappa shape index (κ1) is 15.4. The van der Waals surface area contributed by atoms with Crippen molar-refractivity contribution in [2.24, 2.45) is 0 Å². The lowest BCUT2D eigenvalue weighted by Gasteiger charge is -2.07. The average molecular weight is 350 g/mol. The third-order valence-corrected chi connectivity index (χ3v) is 6.13. The molecule has 2 aromatic heterocycles. The van der Waals surface area contributed by atoms with Crippen LogP contribution in [0.25, 0.3) is 10.2 Å². The van der Waals surface area contributed by atoms with Crippen molar-refractivity contribution < 1.29 is 4.79 Å². The second-order valence-corrected chi connectivity index (χ2v) is 8.23. The van der Waals surface area contributed by atoms with Crippen LogP contribution in [0.1, 0.15) is 18.9 Å². The van der Waals surface area contributed by atoms with Crippen molar-refractivity contribution in [1.82, 2.24) is 15.2 Å². The van der Waals surface area contributed by atoms with Crippen LogP contribution in [-0.4, -0.2) is 26.3 Å². The number of thiazole rings is 1. The van der Waals surface area contributed by atoms with Crippen molar-refractivity contribution in [1.29, 1.82) is 0 Å². The van der Waals surface area contributed by atoms with Crippen LogP contribution in [0.4, 0.5) is 5.13 Å². The minimum atomic E-state index is -0.241.